The maximum Gasteiger partial charge on any atom is 0.0765 e. The number of halogens is 1. The molecule has 0 aliphatic carbocycles. The highest BCUT2D eigenvalue weighted by Gasteiger charge is 2.21. The number of likely N-dealkylation sites (N-methyl/N-ethyl adjacent to an activating group) is 1. The number of rotatable bonds is 7. The molecule has 0 radical (unpaired) electrons. The normalized spacial score (nSPS) is 13.3. The lowest BCUT2D eigenvalue weighted by Gasteiger charge is -2.33. The molecule has 1 aromatic rings. The van der Waals surface area contributed by atoms with Crippen LogP contribution in [-0.4, -0.2) is 30.3 Å². The maximum atomic E-state index is 10.1. The van der Waals surface area contributed by atoms with E-state index in [0.29, 0.717) is 12.6 Å². The Bertz CT molecular complexity index is 429. The second-order valence-electron chi connectivity index (χ2n) is 5.81. The minimum absolute atomic E-state index is 0.291. The molecule has 1 unspecified atom stereocenters. The first-order chi connectivity index (χ1) is 9.28. The van der Waals surface area contributed by atoms with Crippen LogP contribution in [0.15, 0.2) is 22.7 Å². The van der Waals surface area contributed by atoms with E-state index >= 15 is 0 Å². The van der Waals surface area contributed by atoms with Gasteiger partial charge in [0.1, 0.15) is 0 Å². The summed E-state index contributed by atoms with van der Waals surface area (Å²) in [4.78, 5) is 2.23. The smallest absolute Gasteiger partial charge is 0.0765 e. The number of nitrogens with zero attached hydrogens (tertiary/aromatic N) is 1. The summed E-state index contributed by atoms with van der Waals surface area (Å²) in [6.07, 6.45) is 0. The molecule has 0 heterocycles. The van der Waals surface area contributed by atoms with Crippen molar-refractivity contribution in [1.82, 2.24) is 5.32 Å². The highest BCUT2D eigenvalue weighted by molar-refractivity contribution is 9.10. The molecule has 1 rings (SSSR count). The summed E-state index contributed by atoms with van der Waals surface area (Å²) in [6, 6.07) is 6.65. The van der Waals surface area contributed by atoms with Crippen molar-refractivity contribution in [3.63, 3.8) is 0 Å². The Hall–Kier alpha value is -0.580. The van der Waals surface area contributed by atoms with Crippen molar-refractivity contribution in [2.45, 2.75) is 46.3 Å². The maximum absolute atomic E-state index is 10.1. The lowest BCUT2D eigenvalue weighted by molar-refractivity contribution is 0.0875. The van der Waals surface area contributed by atoms with Crippen molar-refractivity contribution in [3.8, 4) is 0 Å². The molecule has 3 nitrogen and oxygen atoms in total. The van der Waals surface area contributed by atoms with Crippen LogP contribution in [0.2, 0.25) is 0 Å². The first-order valence-corrected chi connectivity index (χ1v) is 8.08. The third-order valence-electron chi connectivity index (χ3n) is 3.27. The van der Waals surface area contributed by atoms with Crippen molar-refractivity contribution < 1.29 is 5.11 Å². The van der Waals surface area contributed by atoms with Gasteiger partial charge in [-0.3, -0.25) is 0 Å². The predicted molar refractivity (Wildman–Crippen MR) is 90.4 cm³/mol. The first kappa shape index (κ1) is 17.5. The van der Waals surface area contributed by atoms with Crippen LogP contribution in [-0.2, 0) is 0 Å². The van der Waals surface area contributed by atoms with E-state index in [0.717, 1.165) is 17.6 Å². The zero-order valence-electron chi connectivity index (χ0n) is 13.2. The Morgan fingerprint density at radius 1 is 1.35 bits per heavy atom. The molecule has 2 N–H and O–H groups in total. The van der Waals surface area contributed by atoms with Gasteiger partial charge in [-0.2, -0.15) is 0 Å². The Kier molecular flexibility index (Phi) is 6.49. The number of anilines is 1. The van der Waals surface area contributed by atoms with Crippen LogP contribution in [0.4, 0.5) is 5.69 Å². The van der Waals surface area contributed by atoms with Crippen LogP contribution in [0, 0.1) is 0 Å². The molecule has 0 saturated heterocycles. The summed E-state index contributed by atoms with van der Waals surface area (Å²) >= 11 is 3.55. The first-order valence-electron chi connectivity index (χ1n) is 7.28. The molecule has 0 spiro atoms. The van der Waals surface area contributed by atoms with Crippen LogP contribution in [0.5, 0.6) is 0 Å². The minimum Gasteiger partial charge on any atom is -0.389 e. The van der Waals surface area contributed by atoms with Gasteiger partial charge in [-0.25, -0.2) is 0 Å². The molecule has 20 heavy (non-hydrogen) atoms. The summed E-state index contributed by atoms with van der Waals surface area (Å²) in [6.45, 7) is 12.5. The summed E-state index contributed by atoms with van der Waals surface area (Å²) in [7, 11) is 0. The number of aliphatic hydroxyl groups is 1. The third kappa shape index (κ3) is 5.08. The van der Waals surface area contributed by atoms with Gasteiger partial charge in [0, 0.05) is 29.3 Å². The van der Waals surface area contributed by atoms with Gasteiger partial charge in [0.15, 0.2) is 0 Å². The molecule has 0 saturated carbocycles. The van der Waals surface area contributed by atoms with E-state index < -0.39 is 5.60 Å². The highest BCUT2D eigenvalue weighted by atomic mass is 79.9. The van der Waals surface area contributed by atoms with Gasteiger partial charge in [0.2, 0.25) is 0 Å². The Morgan fingerprint density at radius 2 is 2.00 bits per heavy atom. The Balaban J connectivity index is 3.15. The van der Waals surface area contributed by atoms with E-state index in [9.17, 15) is 5.11 Å². The van der Waals surface area contributed by atoms with Gasteiger partial charge >= 0.3 is 0 Å². The molecule has 4 heteroatoms. The lowest BCUT2D eigenvalue weighted by atomic mass is 10.0. The Labute approximate surface area is 131 Å². The summed E-state index contributed by atoms with van der Waals surface area (Å²) < 4.78 is 1.06. The van der Waals surface area contributed by atoms with Gasteiger partial charge in [0.05, 0.1) is 5.60 Å². The lowest BCUT2D eigenvalue weighted by Crippen LogP contribution is -2.39. The zero-order valence-corrected chi connectivity index (χ0v) is 14.8. The van der Waals surface area contributed by atoms with Crippen LogP contribution in [0.3, 0.4) is 0 Å². The standard InChI is InChI=1S/C16H27BrN2O/c1-6-18-12(3)14-9-8-13(17)10-15(14)19(7-2)11-16(4,5)20/h8-10,12,18,20H,6-7,11H2,1-5H3. The zero-order chi connectivity index (χ0) is 15.3. The number of hydrogen-bond donors (Lipinski definition) is 2. The van der Waals surface area contributed by atoms with Gasteiger partial charge < -0.3 is 15.3 Å². The molecule has 0 bridgehead atoms. The predicted octanol–water partition coefficient (Wildman–Crippen LogP) is 3.72. The van der Waals surface area contributed by atoms with Crippen molar-refractivity contribution >= 4 is 21.6 Å². The number of hydrogen-bond acceptors (Lipinski definition) is 3. The van der Waals surface area contributed by atoms with Gasteiger partial charge in [0.25, 0.3) is 0 Å². The molecule has 1 atom stereocenters. The minimum atomic E-state index is -0.711. The van der Waals surface area contributed by atoms with Crippen molar-refractivity contribution in [2.24, 2.45) is 0 Å². The number of benzene rings is 1. The Morgan fingerprint density at radius 3 is 2.50 bits per heavy atom. The van der Waals surface area contributed by atoms with Crippen LogP contribution in [0.1, 0.15) is 46.2 Å². The highest BCUT2D eigenvalue weighted by Crippen LogP contribution is 2.30. The van der Waals surface area contributed by atoms with E-state index in [1.165, 1.54) is 11.3 Å². The average Bonchev–Trinajstić information content (AvgIpc) is 2.35. The van der Waals surface area contributed by atoms with Gasteiger partial charge in [-0.05, 0) is 51.9 Å². The summed E-state index contributed by atoms with van der Waals surface area (Å²) in [5.74, 6) is 0. The topological polar surface area (TPSA) is 35.5 Å². The second-order valence-corrected chi connectivity index (χ2v) is 6.72. The fourth-order valence-electron chi connectivity index (χ4n) is 2.41. The molecule has 0 aliphatic rings. The van der Waals surface area contributed by atoms with Crippen LogP contribution < -0.4 is 10.2 Å². The van der Waals surface area contributed by atoms with Crippen molar-refractivity contribution in [3.05, 3.63) is 28.2 Å². The third-order valence-corrected chi connectivity index (χ3v) is 3.76. The van der Waals surface area contributed by atoms with E-state index in [1.807, 2.05) is 13.8 Å². The molecule has 114 valence electrons. The van der Waals surface area contributed by atoms with Crippen molar-refractivity contribution in [2.75, 3.05) is 24.5 Å². The fraction of sp³-hybridized carbons (Fsp3) is 0.625. The summed E-state index contributed by atoms with van der Waals surface area (Å²) in [5.41, 5.74) is 1.73. The van der Waals surface area contributed by atoms with Crippen LogP contribution in [0.25, 0.3) is 0 Å². The van der Waals surface area contributed by atoms with E-state index in [2.05, 4.69) is 65.1 Å². The molecule has 1 aromatic carbocycles. The number of nitrogens with one attached hydrogen (secondary N) is 1. The average molecular weight is 343 g/mol. The molecule has 0 fully saturated rings. The second kappa shape index (κ2) is 7.43. The summed E-state index contributed by atoms with van der Waals surface area (Å²) in [5, 5.41) is 13.6. The largest absolute Gasteiger partial charge is 0.389 e. The molecular weight excluding hydrogens is 316 g/mol. The van der Waals surface area contributed by atoms with Crippen molar-refractivity contribution in [1.29, 1.82) is 0 Å². The SMILES string of the molecule is CCNC(C)c1ccc(Br)cc1N(CC)CC(C)(C)O. The molecule has 0 amide bonds. The quantitative estimate of drug-likeness (QED) is 0.792. The fourth-order valence-corrected chi connectivity index (χ4v) is 2.76. The molecule has 0 aliphatic heterocycles. The monoisotopic (exact) mass is 342 g/mol. The molecular formula is C16H27BrN2O. The van der Waals surface area contributed by atoms with Gasteiger partial charge in [-0.15, -0.1) is 0 Å². The van der Waals surface area contributed by atoms with E-state index in [1.54, 1.807) is 0 Å². The van der Waals surface area contributed by atoms with E-state index in [-0.39, 0.29) is 0 Å². The molecule has 0 aromatic heterocycles. The van der Waals surface area contributed by atoms with Crippen LogP contribution >= 0.6 is 15.9 Å². The van der Waals surface area contributed by atoms with E-state index in [4.69, 9.17) is 0 Å². The van der Waals surface area contributed by atoms with Gasteiger partial charge in [-0.1, -0.05) is 28.9 Å².